The minimum atomic E-state index is -0.785. The molecule has 0 bridgehead atoms. The Morgan fingerprint density at radius 1 is 0.786 bits per heavy atom. The van der Waals surface area contributed by atoms with Crippen molar-refractivity contribution >= 4 is 22.8 Å². The smallest absolute Gasteiger partial charge is 0.318 e. The maximum Gasteiger partial charge on any atom is 0.318 e. The van der Waals surface area contributed by atoms with E-state index in [1.165, 1.54) is 90.4 Å². The Morgan fingerprint density at radius 2 is 1.21 bits per heavy atom. The molecule has 0 radical (unpaired) electrons. The molecule has 160 valence electrons. The molecule has 28 heavy (non-hydrogen) atoms. The molecule has 1 N–H and O–H groups in total. The third-order valence-electron chi connectivity index (χ3n) is 7.32. The summed E-state index contributed by atoms with van der Waals surface area (Å²) in [4.78, 5) is 27.1. The summed E-state index contributed by atoms with van der Waals surface area (Å²) < 4.78 is 0. The van der Waals surface area contributed by atoms with Crippen molar-refractivity contribution in [1.82, 2.24) is 4.90 Å². The highest BCUT2D eigenvalue weighted by Crippen LogP contribution is 2.41. The highest BCUT2D eigenvalue weighted by molar-refractivity contribution is 8.14. The third kappa shape index (κ3) is 5.75. The maximum absolute atomic E-state index is 12.4. The zero-order valence-electron chi connectivity index (χ0n) is 17.6. The molecule has 3 aliphatic rings. The van der Waals surface area contributed by atoms with Crippen LogP contribution in [0.1, 0.15) is 103 Å². The Labute approximate surface area is 175 Å². The van der Waals surface area contributed by atoms with Gasteiger partial charge in [0, 0.05) is 25.0 Å². The number of rotatable bonds is 7. The Hall–Kier alpha value is -0.550. The van der Waals surface area contributed by atoms with E-state index >= 15 is 0 Å². The fourth-order valence-corrected chi connectivity index (χ4v) is 7.07. The van der Waals surface area contributed by atoms with Gasteiger partial charge in [-0.3, -0.25) is 14.5 Å². The lowest BCUT2D eigenvalue weighted by Crippen LogP contribution is -2.59. The molecule has 3 rings (SSSR count). The van der Waals surface area contributed by atoms with Crippen LogP contribution in [-0.2, 0) is 9.59 Å². The standard InChI is InChI=1S/C23H39NO3S/c1-17(25)28-22(23(26)27)21(18-11-5-2-6-12-18)24(19-13-7-3-8-14-19)20-15-9-4-10-16-20/h18-22H,2-16H2,1H3,(H,26,27)/t21?,22-/m0/s1. The second kappa shape index (κ2) is 11.0. The van der Waals surface area contributed by atoms with Crippen molar-refractivity contribution in [2.45, 2.75) is 127 Å². The van der Waals surface area contributed by atoms with Gasteiger partial charge in [0.15, 0.2) is 5.12 Å². The van der Waals surface area contributed by atoms with E-state index in [2.05, 4.69) is 4.90 Å². The molecule has 0 aromatic carbocycles. The van der Waals surface area contributed by atoms with Crippen LogP contribution in [0, 0.1) is 5.92 Å². The number of thioether (sulfide) groups is 1. The van der Waals surface area contributed by atoms with E-state index in [0.29, 0.717) is 18.0 Å². The van der Waals surface area contributed by atoms with Crippen molar-refractivity contribution < 1.29 is 14.7 Å². The van der Waals surface area contributed by atoms with E-state index in [9.17, 15) is 14.7 Å². The Balaban J connectivity index is 1.95. The van der Waals surface area contributed by atoms with Gasteiger partial charge in [0.25, 0.3) is 0 Å². The number of carbonyl (C=O) groups excluding carboxylic acids is 1. The van der Waals surface area contributed by atoms with Crippen LogP contribution < -0.4 is 0 Å². The maximum atomic E-state index is 12.4. The second-order valence-electron chi connectivity index (χ2n) is 9.29. The molecule has 0 amide bonds. The minimum Gasteiger partial charge on any atom is -0.480 e. The third-order valence-corrected chi connectivity index (χ3v) is 8.38. The minimum absolute atomic E-state index is 0.0119. The van der Waals surface area contributed by atoms with Crippen LogP contribution in [-0.4, -0.2) is 44.5 Å². The molecule has 3 aliphatic carbocycles. The van der Waals surface area contributed by atoms with E-state index in [0.717, 1.165) is 24.6 Å². The number of carbonyl (C=O) groups is 2. The predicted molar refractivity (Wildman–Crippen MR) is 116 cm³/mol. The number of hydrogen-bond acceptors (Lipinski definition) is 4. The molecule has 2 atom stereocenters. The van der Waals surface area contributed by atoms with Crippen LogP contribution in [0.4, 0.5) is 0 Å². The first-order chi connectivity index (χ1) is 13.6. The fourth-order valence-electron chi connectivity index (χ4n) is 6.11. The highest BCUT2D eigenvalue weighted by Gasteiger charge is 2.45. The van der Waals surface area contributed by atoms with Gasteiger partial charge in [-0.15, -0.1) is 0 Å². The van der Waals surface area contributed by atoms with Gasteiger partial charge in [0.05, 0.1) is 0 Å². The summed E-state index contributed by atoms with van der Waals surface area (Å²) >= 11 is 1.09. The lowest BCUT2D eigenvalue weighted by Gasteiger charge is -2.50. The first kappa shape index (κ1) is 22.1. The summed E-state index contributed by atoms with van der Waals surface area (Å²) in [5.74, 6) is -0.363. The summed E-state index contributed by atoms with van der Waals surface area (Å²) in [6.45, 7) is 1.53. The first-order valence-corrected chi connectivity index (χ1v) is 12.6. The predicted octanol–water partition coefficient (Wildman–Crippen LogP) is 5.64. The van der Waals surface area contributed by atoms with Gasteiger partial charge >= 0.3 is 5.97 Å². The molecule has 3 fully saturated rings. The summed E-state index contributed by atoms with van der Waals surface area (Å²) in [6, 6.07) is 1.04. The van der Waals surface area contributed by atoms with Crippen molar-refractivity contribution in [3.8, 4) is 0 Å². The molecule has 4 nitrogen and oxygen atoms in total. The Morgan fingerprint density at radius 3 is 1.61 bits per heavy atom. The van der Waals surface area contributed by atoms with Crippen molar-refractivity contribution in [1.29, 1.82) is 0 Å². The number of aliphatic carboxylic acids is 1. The molecule has 3 saturated carbocycles. The highest BCUT2D eigenvalue weighted by atomic mass is 32.2. The van der Waals surface area contributed by atoms with Crippen LogP contribution >= 0.6 is 11.8 Å². The lowest BCUT2D eigenvalue weighted by molar-refractivity contribution is -0.139. The molecule has 0 aromatic heterocycles. The van der Waals surface area contributed by atoms with Crippen molar-refractivity contribution in [3.63, 3.8) is 0 Å². The summed E-state index contributed by atoms with van der Waals surface area (Å²) in [7, 11) is 0. The van der Waals surface area contributed by atoms with Gasteiger partial charge in [0.2, 0.25) is 0 Å². The summed E-state index contributed by atoms with van der Waals surface area (Å²) in [5, 5.41) is 9.49. The fraction of sp³-hybridized carbons (Fsp3) is 0.913. The van der Waals surface area contributed by atoms with Gasteiger partial charge < -0.3 is 5.11 Å². The second-order valence-corrected chi connectivity index (χ2v) is 10.6. The number of nitrogens with zero attached hydrogens (tertiary/aromatic N) is 1. The van der Waals surface area contributed by atoms with E-state index < -0.39 is 11.2 Å². The van der Waals surface area contributed by atoms with Gasteiger partial charge in [-0.05, 0) is 44.4 Å². The van der Waals surface area contributed by atoms with Gasteiger partial charge in [-0.1, -0.05) is 69.5 Å². The molecule has 5 heteroatoms. The van der Waals surface area contributed by atoms with Crippen molar-refractivity contribution in [2.75, 3.05) is 0 Å². The van der Waals surface area contributed by atoms with Crippen molar-refractivity contribution in [3.05, 3.63) is 0 Å². The molecule has 0 saturated heterocycles. The van der Waals surface area contributed by atoms with Gasteiger partial charge in [0.1, 0.15) is 5.25 Å². The Kier molecular flexibility index (Phi) is 8.71. The van der Waals surface area contributed by atoms with Gasteiger partial charge in [-0.2, -0.15) is 0 Å². The quantitative estimate of drug-likeness (QED) is 0.590. The first-order valence-electron chi connectivity index (χ1n) is 11.8. The topological polar surface area (TPSA) is 57.6 Å². The molecule has 0 spiro atoms. The van der Waals surface area contributed by atoms with Crippen LogP contribution in [0.5, 0.6) is 0 Å². The largest absolute Gasteiger partial charge is 0.480 e. The monoisotopic (exact) mass is 409 g/mol. The van der Waals surface area contributed by atoms with Crippen molar-refractivity contribution in [2.24, 2.45) is 5.92 Å². The van der Waals surface area contributed by atoms with E-state index in [1.807, 2.05) is 0 Å². The van der Waals surface area contributed by atoms with Crippen LogP contribution in [0.25, 0.3) is 0 Å². The van der Waals surface area contributed by atoms with Crippen LogP contribution in [0.3, 0.4) is 0 Å². The van der Waals surface area contributed by atoms with E-state index in [1.54, 1.807) is 0 Å². The normalized spacial score (nSPS) is 25.5. The van der Waals surface area contributed by atoms with Crippen LogP contribution in [0.15, 0.2) is 0 Å². The molecule has 1 unspecified atom stereocenters. The average molecular weight is 410 g/mol. The molecule has 0 aliphatic heterocycles. The zero-order valence-corrected chi connectivity index (χ0v) is 18.4. The SMILES string of the molecule is CC(=O)S[C@H](C(=O)O)C(C1CCCCC1)N(C1CCCCC1)C1CCCCC1. The lowest BCUT2D eigenvalue weighted by atomic mass is 9.78. The van der Waals surface area contributed by atoms with Crippen LogP contribution in [0.2, 0.25) is 0 Å². The molecular formula is C23H39NO3S. The number of carboxylic acids is 1. The zero-order chi connectivity index (χ0) is 19.9. The number of carboxylic acid groups (broad SMARTS) is 1. The molecule has 0 heterocycles. The van der Waals surface area contributed by atoms with Gasteiger partial charge in [-0.25, -0.2) is 0 Å². The molecule has 0 aromatic rings. The number of hydrogen-bond donors (Lipinski definition) is 1. The summed E-state index contributed by atoms with van der Waals surface area (Å²) in [5.41, 5.74) is 0. The average Bonchev–Trinajstić information content (AvgIpc) is 2.72. The Bertz CT molecular complexity index is 490. The molecular weight excluding hydrogens is 370 g/mol. The summed E-state index contributed by atoms with van der Waals surface area (Å²) in [6.07, 6.45) is 18.5. The van der Waals surface area contributed by atoms with E-state index in [-0.39, 0.29) is 11.2 Å². The van der Waals surface area contributed by atoms with E-state index in [4.69, 9.17) is 0 Å².